The van der Waals surface area contributed by atoms with Crippen molar-refractivity contribution < 1.29 is 17.6 Å². The van der Waals surface area contributed by atoms with Crippen LogP contribution >= 0.6 is 0 Å². The third-order valence-electron chi connectivity index (χ3n) is 6.94. The van der Waals surface area contributed by atoms with Crippen LogP contribution in [0, 0.1) is 17.1 Å². The van der Waals surface area contributed by atoms with E-state index in [1.807, 2.05) is 17.9 Å². The number of aromatic nitrogens is 4. The zero-order valence-corrected chi connectivity index (χ0v) is 21.0. The summed E-state index contributed by atoms with van der Waals surface area (Å²) in [5.41, 5.74) is 0.926. The van der Waals surface area contributed by atoms with Crippen LogP contribution in [0.4, 0.5) is 23.4 Å². The molecule has 3 aromatic heterocycles. The molecule has 8 nitrogen and oxygen atoms in total. The van der Waals surface area contributed by atoms with Gasteiger partial charge < -0.3 is 4.90 Å². The van der Waals surface area contributed by atoms with E-state index in [0.29, 0.717) is 47.7 Å². The zero-order chi connectivity index (χ0) is 27.9. The molecular weight excluding hydrogens is 514 g/mol. The lowest BCUT2D eigenvalue weighted by molar-refractivity contribution is -0.137. The van der Waals surface area contributed by atoms with Crippen LogP contribution in [-0.4, -0.2) is 50.1 Å². The zero-order valence-electron chi connectivity index (χ0n) is 21.0. The standard InChI is InChI=1S/C27H23F4N7O/c1-16-15-37(25-23-22(36(2)26(39)35-25)10-8-20(13-32)34-23)11-12-38(16)24(17-3-6-19(28)7-4-17)21-9-5-18(14-33-21)27(29,30)31/h3-10,14,16,24H,11-12,15H2,1-2H3. The van der Waals surface area contributed by atoms with E-state index in [1.165, 1.54) is 28.8 Å². The maximum Gasteiger partial charge on any atom is 0.417 e. The SMILES string of the molecule is CC1CN(c2nc(=O)n(C)c3ccc(C#N)nc23)CCN1C(c1ccc(F)cc1)c1ccc(C(F)(F)F)cn1. The van der Waals surface area contributed by atoms with Gasteiger partial charge >= 0.3 is 11.9 Å². The second-order valence-corrected chi connectivity index (χ2v) is 9.41. The van der Waals surface area contributed by atoms with Gasteiger partial charge in [0.25, 0.3) is 0 Å². The summed E-state index contributed by atoms with van der Waals surface area (Å²) in [6.07, 6.45) is -3.71. The number of nitriles is 1. The van der Waals surface area contributed by atoms with E-state index in [1.54, 1.807) is 25.2 Å². The maximum atomic E-state index is 13.7. The summed E-state index contributed by atoms with van der Waals surface area (Å²) in [6, 6.07) is 12.6. The molecule has 0 spiro atoms. The van der Waals surface area contributed by atoms with Crippen LogP contribution in [-0.2, 0) is 13.2 Å². The second kappa shape index (κ2) is 10.1. The minimum Gasteiger partial charge on any atom is -0.352 e. The molecule has 4 heterocycles. The van der Waals surface area contributed by atoms with Gasteiger partial charge in [-0.3, -0.25) is 14.5 Å². The first-order chi connectivity index (χ1) is 18.6. The Morgan fingerprint density at radius 1 is 1.05 bits per heavy atom. The predicted molar refractivity (Wildman–Crippen MR) is 135 cm³/mol. The van der Waals surface area contributed by atoms with Crippen molar-refractivity contribution in [2.75, 3.05) is 24.5 Å². The molecule has 1 aliphatic rings. The number of piperazine rings is 1. The van der Waals surface area contributed by atoms with Crippen LogP contribution in [0.3, 0.4) is 0 Å². The van der Waals surface area contributed by atoms with Gasteiger partial charge in [0.15, 0.2) is 5.82 Å². The van der Waals surface area contributed by atoms with E-state index in [4.69, 9.17) is 0 Å². The van der Waals surface area contributed by atoms with Gasteiger partial charge in [0.2, 0.25) is 0 Å². The van der Waals surface area contributed by atoms with Gasteiger partial charge in [0.05, 0.1) is 22.8 Å². The van der Waals surface area contributed by atoms with Gasteiger partial charge in [0.1, 0.15) is 23.1 Å². The fourth-order valence-electron chi connectivity index (χ4n) is 4.95. The van der Waals surface area contributed by atoms with Gasteiger partial charge in [-0.25, -0.2) is 14.2 Å². The highest BCUT2D eigenvalue weighted by Crippen LogP contribution is 2.35. The number of halogens is 4. The Morgan fingerprint density at radius 2 is 1.79 bits per heavy atom. The lowest BCUT2D eigenvalue weighted by Gasteiger charge is -2.44. The lowest BCUT2D eigenvalue weighted by atomic mass is 9.97. The number of alkyl halides is 3. The van der Waals surface area contributed by atoms with Crippen molar-refractivity contribution in [1.82, 2.24) is 24.4 Å². The summed E-state index contributed by atoms with van der Waals surface area (Å²) in [4.78, 5) is 29.4. The largest absolute Gasteiger partial charge is 0.417 e. The molecule has 0 bridgehead atoms. The van der Waals surface area contributed by atoms with Crippen molar-refractivity contribution in [2.24, 2.45) is 7.05 Å². The van der Waals surface area contributed by atoms with Gasteiger partial charge in [-0.2, -0.15) is 23.4 Å². The normalized spacial score (nSPS) is 17.3. The van der Waals surface area contributed by atoms with Crippen molar-refractivity contribution in [3.63, 3.8) is 0 Å². The number of aryl methyl sites for hydroxylation is 1. The Labute approximate surface area is 220 Å². The summed E-state index contributed by atoms with van der Waals surface area (Å²) in [6.45, 7) is 3.20. The molecule has 2 atom stereocenters. The molecule has 200 valence electrons. The third kappa shape index (κ3) is 5.05. The van der Waals surface area contributed by atoms with Crippen molar-refractivity contribution in [3.8, 4) is 6.07 Å². The minimum atomic E-state index is -4.52. The van der Waals surface area contributed by atoms with Crippen LogP contribution in [0.1, 0.15) is 35.5 Å². The summed E-state index contributed by atoms with van der Waals surface area (Å²) >= 11 is 0. The van der Waals surface area contributed by atoms with E-state index in [0.717, 1.165) is 12.3 Å². The average molecular weight is 538 g/mol. The highest BCUT2D eigenvalue weighted by Gasteiger charge is 2.35. The van der Waals surface area contributed by atoms with Crippen LogP contribution in [0.25, 0.3) is 11.0 Å². The summed E-state index contributed by atoms with van der Waals surface area (Å²) in [5.74, 6) is -0.0636. The number of nitrogens with zero attached hydrogens (tertiary/aromatic N) is 7. The van der Waals surface area contributed by atoms with Crippen molar-refractivity contribution in [1.29, 1.82) is 5.26 Å². The summed E-state index contributed by atoms with van der Waals surface area (Å²) in [5, 5.41) is 9.34. The summed E-state index contributed by atoms with van der Waals surface area (Å²) < 4.78 is 54.6. The van der Waals surface area contributed by atoms with Crippen LogP contribution in [0.2, 0.25) is 0 Å². The monoisotopic (exact) mass is 537 g/mol. The first kappa shape index (κ1) is 26.2. The topological polar surface area (TPSA) is 90.9 Å². The number of pyridine rings is 2. The molecule has 0 saturated carbocycles. The number of rotatable bonds is 4. The van der Waals surface area contributed by atoms with Gasteiger partial charge in [-0.15, -0.1) is 0 Å². The van der Waals surface area contributed by atoms with E-state index >= 15 is 0 Å². The minimum absolute atomic E-state index is 0.182. The highest BCUT2D eigenvalue weighted by molar-refractivity contribution is 5.86. The lowest BCUT2D eigenvalue weighted by Crippen LogP contribution is -2.54. The molecule has 4 aromatic rings. The Balaban J connectivity index is 1.50. The molecule has 0 aliphatic carbocycles. The molecule has 0 N–H and O–H groups in total. The molecule has 2 unspecified atom stereocenters. The highest BCUT2D eigenvalue weighted by atomic mass is 19.4. The average Bonchev–Trinajstić information content (AvgIpc) is 2.92. The molecule has 1 fully saturated rings. The number of benzene rings is 1. The van der Waals surface area contributed by atoms with Crippen LogP contribution in [0.15, 0.2) is 59.5 Å². The smallest absolute Gasteiger partial charge is 0.352 e. The Hall–Kier alpha value is -4.37. The molecule has 0 radical (unpaired) electrons. The van der Waals surface area contributed by atoms with E-state index in [2.05, 4.69) is 19.9 Å². The number of anilines is 1. The Kier molecular flexibility index (Phi) is 6.78. The first-order valence-corrected chi connectivity index (χ1v) is 12.1. The second-order valence-electron chi connectivity index (χ2n) is 9.41. The third-order valence-corrected chi connectivity index (χ3v) is 6.94. The maximum absolute atomic E-state index is 13.7. The quantitative estimate of drug-likeness (QED) is 0.363. The number of hydrogen-bond donors (Lipinski definition) is 0. The summed E-state index contributed by atoms with van der Waals surface area (Å²) in [7, 11) is 1.58. The van der Waals surface area contributed by atoms with Crippen molar-refractivity contribution >= 4 is 16.9 Å². The van der Waals surface area contributed by atoms with Gasteiger partial charge in [-0.1, -0.05) is 12.1 Å². The molecule has 1 aliphatic heterocycles. The van der Waals surface area contributed by atoms with Crippen molar-refractivity contribution in [2.45, 2.75) is 25.2 Å². The Bertz CT molecular complexity index is 1610. The van der Waals surface area contributed by atoms with E-state index in [-0.39, 0.29) is 11.7 Å². The number of hydrogen-bond acceptors (Lipinski definition) is 7. The molecule has 1 saturated heterocycles. The van der Waals surface area contributed by atoms with Gasteiger partial charge in [0, 0.05) is 38.9 Å². The molecule has 0 amide bonds. The molecule has 12 heteroatoms. The fraction of sp³-hybridized carbons (Fsp3) is 0.296. The fourth-order valence-corrected chi connectivity index (χ4v) is 4.95. The van der Waals surface area contributed by atoms with E-state index < -0.39 is 29.3 Å². The van der Waals surface area contributed by atoms with Crippen LogP contribution in [0.5, 0.6) is 0 Å². The molecule has 5 rings (SSSR count). The molecule has 1 aromatic carbocycles. The molecule has 39 heavy (non-hydrogen) atoms. The predicted octanol–water partition coefficient (Wildman–Crippen LogP) is 4.05. The first-order valence-electron chi connectivity index (χ1n) is 12.1. The number of fused-ring (bicyclic) bond motifs is 1. The van der Waals surface area contributed by atoms with Gasteiger partial charge in [-0.05, 0) is 48.9 Å². The van der Waals surface area contributed by atoms with Crippen LogP contribution < -0.4 is 10.6 Å². The van der Waals surface area contributed by atoms with E-state index in [9.17, 15) is 27.6 Å². The Morgan fingerprint density at radius 3 is 2.41 bits per heavy atom. The molecular formula is C27H23F4N7O. The van der Waals surface area contributed by atoms with Crippen molar-refractivity contribution in [3.05, 3.63) is 93.5 Å².